The van der Waals surface area contributed by atoms with Crippen LogP contribution in [-0.2, 0) is 16.1 Å². The minimum atomic E-state index is -0.860. The fourth-order valence-corrected chi connectivity index (χ4v) is 6.02. The zero-order valence-corrected chi connectivity index (χ0v) is 17.8. The SMILES string of the molecule is COC(C)C1CCN([S+]([O-])C[C@H]2C[C@@H](N(C)c3ncnc4[nH]ccc34)C2)CC1. The Morgan fingerprint density at radius 2 is 2.11 bits per heavy atom. The lowest BCUT2D eigenvalue weighted by Crippen LogP contribution is -2.48. The molecule has 2 aromatic rings. The average molecular weight is 406 g/mol. The maximum absolute atomic E-state index is 12.8. The normalized spacial score (nSPS) is 26.1. The second kappa shape index (κ2) is 8.57. The van der Waals surface area contributed by atoms with Crippen molar-refractivity contribution < 1.29 is 9.29 Å². The molecule has 1 saturated heterocycles. The van der Waals surface area contributed by atoms with Gasteiger partial charge in [-0.3, -0.25) is 0 Å². The number of nitrogens with one attached hydrogen (secondary N) is 1. The summed E-state index contributed by atoms with van der Waals surface area (Å²) in [7, 11) is 3.89. The van der Waals surface area contributed by atoms with Crippen LogP contribution in [-0.4, -0.2) is 69.0 Å². The molecule has 0 bridgehead atoms. The number of aromatic nitrogens is 3. The lowest BCUT2D eigenvalue weighted by molar-refractivity contribution is 0.0450. The maximum atomic E-state index is 12.8. The van der Waals surface area contributed by atoms with Crippen LogP contribution in [0.25, 0.3) is 11.0 Å². The van der Waals surface area contributed by atoms with Gasteiger partial charge in [0.25, 0.3) is 0 Å². The van der Waals surface area contributed by atoms with Crippen molar-refractivity contribution in [3.05, 3.63) is 18.6 Å². The van der Waals surface area contributed by atoms with Crippen LogP contribution in [0, 0.1) is 11.8 Å². The summed E-state index contributed by atoms with van der Waals surface area (Å²) >= 11 is -0.860. The molecule has 1 saturated carbocycles. The molecule has 2 unspecified atom stereocenters. The van der Waals surface area contributed by atoms with Gasteiger partial charge in [-0.25, -0.2) is 9.97 Å². The number of ether oxygens (including phenoxy) is 1. The number of hydrogen-bond acceptors (Lipinski definition) is 6. The van der Waals surface area contributed by atoms with Crippen LogP contribution >= 0.6 is 0 Å². The maximum Gasteiger partial charge on any atom is 0.142 e. The van der Waals surface area contributed by atoms with Crippen LogP contribution in [0.2, 0.25) is 0 Å². The molecule has 4 rings (SSSR count). The van der Waals surface area contributed by atoms with Gasteiger partial charge in [0.2, 0.25) is 0 Å². The molecular weight excluding hydrogens is 374 g/mol. The van der Waals surface area contributed by atoms with Crippen molar-refractivity contribution in [2.24, 2.45) is 11.8 Å². The Morgan fingerprint density at radius 1 is 1.36 bits per heavy atom. The standard InChI is InChI=1S/C20H31N5O2S/c1-14(27-3)16-5-8-25(9-6-16)28(26)12-15-10-17(11-15)24(2)20-18-4-7-21-19(18)22-13-23-20/h4,7,13-17H,5-6,8-12H2,1-3H3,(H,21,22,23)/t14?,15-,17+,28?. The Labute approximate surface area is 170 Å². The van der Waals surface area contributed by atoms with Gasteiger partial charge in [-0.05, 0) is 44.6 Å². The third kappa shape index (κ3) is 4.01. The Balaban J connectivity index is 1.25. The zero-order valence-electron chi connectivity index (χ0n) is 17.0. The van der Waals surface area contributed by atoms with Crippen LogP contribution in [0.15, 0.2) is 18.6 Å². The van der Waals surface area contributed by atoms with E-state index in [2.05, 4.69) is 38.1 Å². The van der Waals surface area contributed by atoms with Gasteiger partial charge in [0, 0.05) is 56.8 Å². The third-order valence-electron chi connectivity index (χ3n) is 6.63. The quantitative estimate of drug-likeness (QED) is 0.713. The van der Waals surface area contributed by atoms with E-state index in [0.717, 1.165) is 61.4 Å². The first-order chi connectivity index (χ1) is 13.6. The van der Waals surface area contributed by atoms with E-state index < -0.39 is 11.4 Å². The second-order valence-electron chi connectivity index (χ2n) is 8.23. The minimum absolute atomic E-state index is 0.298. The molecule has 2 aromatic heterocycles. The summed E-state index contributed by atoms with van der Waals surface area (Å²) in [5, 5.41) is 1.06. The summed E-state index contributed by atoms with van der Waals surface area (Å²) in [4.78, 5) is 14.2. The summed E-state index contributed by atoms with van der Waals surface area (Å²) in [5.41, 5.74) is 0.875. The van der Waals surface area contributed by atoms with Gasteiger partial charge < -0.3 is 19.2 Å². The first kappa shape index (κ1) is 19.9. The predicted molar refractivity (Wildman–Crippen MR) is 113 cm³/mol. The highest BCUT2D eigenvalue weighted by molar-refractivity contribution is 7.89. The molecule has 1 aliphatic carbocycles. The average Bonchev–Trinajstić information content (AvgIpc) is 3.18. The van der Waals surface area contributed by atoms with Crippen molar-refractivity contribution in [3.8, 4) is 0 Å². The molecule has 2 atom stereocenters. The monoisotopic (exact) mass is 405 g/mol. The molecule has 0 aromatic carbocycles. The van der Waals surface area contributed by atoms with E-state index in [1.165, 1.54) is 0 Å². The van der Waals surface area contributed by atoms with Gasteiger partial charge in [-0.15, -0.1) is 4.31 Å². The first-order valence-electron chi connectivity index (χ1n) is 10.2. The Kier molecular flexibility index (Phi) is 6.10. The highest BCUT2D eigenvalue weighted by atomic mass is 32.2. The number of fused-ring (bicyclic) bond motifs is 1. The van der Waals surface area contributed by atoms with E-state index in [9.17, 15) is 4.55 Å². The molecule has 2 aliphatic rings. The Bertz CT molecular complexity index is 773. The van der Waals surface area contributed by atoms with E-state index >= 15 is 0 Å². The van der Waals surface area contributed by atoms with E-state index in [-0.39, 0.29) is 0 Å². The summed E-state index contributed by atoms with van der Waals surface area (Å²) in [6, 6.07) is 2.49. The minimum Gasteiger partial charge on any atom is -0.598 e. The number of aromatic amines is 1. The van der Waals surface area contributed by atoms with Crippen LogP contribution < -0.4 is 4.90 Å². The fourth-order valence-electron chi connectivity index (χ4n) is 4.51. The zero-order chi connectivity index (χ0) is 19.7. The van der Waals surface area contributed by atoms with E-state index in [4.69, 9.17) is 4.74 Å². The number of rotatable bonds is 7. The van der Waals surface area contributed by atoms with Crippen LogP contribution in [0.1, 0.15) is 32.6 Å². The van der Waals surface area contributed by atoms with Crippen molar-refractivity contribution in [1.82, 2.24) is 19.3 Å². The van der Waals surface area contributed by atoms with Crippen molar-refractivity contribution in [2.45, 2.75) is 44.8 Å². The van der Waals surface area contributed by atoms with Gasteiger partial charge in [-0.1, -0.05) is 0 Å². The number of anilines is 1. The molecular formula is C20H31N5O2S. The van der Waals surface area contributed by atoms with Crippen molar-refractivity contribution in [3.63, 3.8) is 0 Å². The highest BCUT2D eigenvalue weighted by Gasteiger charge is 2.38. The highest BCUT2D eigenvalue weighted by Crippen LogP contribution is 2.36. The van der Waals surface area contributed by atoms with Crippen LogP contribution in [0.4, 0.5) is 5.82 Å². The summed E-state index contributed by atoms with van der Waals surface area (Å²) in [5.74, 6) is 2.90. The number of hydrogen-bond donors (Lipinski definition) is 1. The van der Waals surface area contributed by atoms with Gasteiger partial charge in [-0.2, -0.15) is 0 Å². The van der Waals surface area contributed by atoms with Crippen LogP contribution in [0.3, 0.4) is 0 Å². The van der Waals surface area contributed by atoms with Crippen molar-refractivity contribution in [2.75, 3.05) is 37.9 Å². The van der Waals surface area contributed by atoms with E-state index in [0.29, 0.717) is 24.0 Å². The molecule has 8 heteroatoms. The predicted octanol–water partition coefficient (Wildman–Crippen LogP) is 2.58. The molecule has 2 fully saturated rings. The first-order valence-corrected chi connectivity index (χ1v) is 11.5. The van der Waals surface area contributed by atoms with Gasteiger partial charge in [0.15, 0.2) is 0 Å². The van der Waals surface area contributed by atoms with Gasteiger partial charge in [0.05, 0.1) is 11.5 Å². The second-order valence-corrected chi connectivity index (χ2v) is 9.73. The van der Waals surface area contributed by atoms with Crippen molar-refractivity contribution >= 4 is 28.2 Å². The summed E-state index contributed by atoms with van der Waals surface area (Å²) < 4.78 is 20.4. The van der Waals surface area contributed by atoms with Gasteiger partial charge >= 0.3 is 0 Å². The number of H-pyrrole nitrogens is 1. The lowest BCUT2D eigenvalue weighted by Gasteiger charge is -2.42. The number of piperidine rings is 1. The third-order valence-corrected chi connectivity index (χ3v) is 8.32. The summed E-state index contributed by atoms with van der Waals surface area (Å²) in [6.07, 6.45) is 8.13. The molecule has 154 valence electrons. The molecule has 7 nitrogen and oxygen atoms in total. The topological polar surface area (TPSA) is 80.3 Å². The largest absolute Gasteiger partial charge is 0.598 e. The molecule has 28 heavy (non-hydrogen) atoms. The van der Waals surface area contributed by atoms with E-state index in [1.807, 2.05) is 12.3 Å². The molecule has 0 spiro atoms. The van der Waals surface area contributed by atoms with Crippen LogP contribution in [0.5, 0.6) is 0 Å². The molecule has 1 N–H and O–H groups in total. The lowest BCUT2D eigenvalue weighted by atomic mass is 9.81. The number of methoxy groups -OCH3 is 1. The Morgan fingerprint density at radius 3 is 2.82 bits per heavy atom. The molecule has 1 aliphatic heterocycles. The molecule has 0 radical (unpaired) electrons. The van der Waals surface area contributed by atoms with E-state index in [1.54, 1.807) is 13.4 Å². The van der Waals surface area contributed by atoms with Crippen molar-refractivity contribution in [1.29, 1.82) is 0 Å². The Hall–Kier alpha value is -1.35. The van der Waals surface area contributed by atoms with Gasteiger partial charge in [0.1, 0.15) is 23.5 Å². The fraction of sp³-hybridized carbons (Fsp3) is 0.700. The molecule has 0 amide bonds. The molecule has 3 heterocycles. The number of nitrogens with zero attached hydrogens (tertiary/aromatic N) is 4. The summed E-state index contributed by atoms with van der Waals surface area (Å²) in [6.45, 7) is 3.99. The smallest absolute Gasteiger partial charge is 0.142 e.